The zero-order valence-electron chi connectivity index (χ0n) is 8.50. The molecule has 3 heteroatoms. The topological polar surface area (TPSA) is 12.9 Å². The van der Waals surface area contributed by atoms with Gasteiger partial charge in [0.05, 0.1) is 5.15 Å². The maximum atomic E-state index is 5.83. The van der Waals surface area contributed by atoms with Crippen LogP contribution in [-0.2, 0) is 27.8 Å². The van der Waals surface area contributed by atoms with Crippen LogP contribution in [0.25, 0.3) is 6.08 Å². The molecule has 14 heavy (non-hydrogen) atoms. The Bertz CT molecular complexity index is 329. The van der Waals surface area contributed by atoms with Gasteiger partial charge >= 0.3 is 22.4 Å². The van der Waals surface area contributed by atoms with E-state index in [0.717, 1.165) is 5.56 Å². The van der Waals surface area contributed by atoms with Crippen LogP contribution < -0.4 is 0 Å². The van der Waals surface area contributed by atoms with Gasteiger partial charge in [-0.2, -0.15) is 5.56 Å². The number of hydrogen-bond acceptors (Lipinski definition) is 1. The van der Waals surface area contributed by atoms with Crippen LogP contribution in [0.1, 0.15) is 32.0 Å². The van der Waals surface area contributed by atoms with E-state index < -0.39 is 0 Å². The Labute approximate surface area is 106 Å². The summed E-state index contributed by atoms with van der Waals surface area (Å²) < 4.78 is 0. The van der Waals surface area contributed by atoms with Gasteiger partial charge in [0.25, 0.3) is 0 Å². The number of rotatable bonds is 1. The predicted molar refractivity (Wildman–Crippen MR) is 55.5 cm³/mol. The first-order valence-corrected chi connectivity index (χ1v) is 4.46. The molecule has 1 radical (unpaired) electrons. The molecule has 0 saturated carbocycles. The fraction of sp³-hybridized carbons (Fsp3) is 0.364. The third-order valence-corrected chi connectivity index (χ3v) is 1.91. The first-order chi connectivity index (χ1) is 5.93. The van der Waals surface area contributed by atoms with Crippen molar-refractivity contribution in [3.8, 4) is 0 Å². The van der Waals surface area contributed by atoms with Gasteiger partial charge < -0.3 is 17.6 Å². The summed E-state index contributed by atoms with van der Waals surface area (Å²) in [7, 11) is 0. The SMILES string of the molecule is [CH-]=Cc1[c-]c(C(C)(C)C)cc(Cl)n1.[Ta+2]. The number of pyridine rings is 1. The largest absolute Gasteiger partial charge is 2.00 e. The molecule has 1 heterocycles. The normalized spacial score (nSPS) is 10.6. The second kappa shape index (κ2) is 5.13. The van der Waals surface area contributed by atoms with E-state index in [2.05, 4.69) is 31.8 Å². The Morgan fingerprint density at radius 3 is 2.50 bits per heavy atom. The van der Waals surface area contributed by atoms with Crippen molar-refractivity contribution in [2.75, 3.05) is 0 Å². The fourth-order valence-corrected chi connectivity index (χ4v) is 1.15. The summed E-state index contributed by atoms with van der Waals surface area (Å²) in [5, 5.41) is 0.459. The summed E-state index contributed by atoms with van der Waals surface area (Å²) in [6.07, 6.45) is 1.40. The smallest absolute Gasteiger partial charge is 0.371 e. The number of halogens is 1. The van der Waals surface area contributed by atoms with Crippen LogP contribution in [0.15, 0.2) is 6.07 Å². The fourth-order valence-electron chi connectivity index (χ4n) is 0.951. The van der Waals surface area contributed by atoms with Gasteiger partial charge in [0.1, 0.15) is 0 Å². The van der Waals surface area contributed by atoms with Crippen molar-refractivity contribution in [1.82, 2.24) is 4.98 Å². The molecule has 0 amide bonds. The number of hydrogen-bond donors (Lipinski definition) is 0. The summed E-state index contributed by atoms with van der Waals surface area (Å²) >= 11 is 5.83. The molecule has 1 aromatic rings. The Morgan fingerprint density at radius 2 is 2.07 bits per heavy atom. The summed E-state index contributed by atoms with van der Waals surface area (Å²) in [6.45, 7) is 11.6. The van der Waals surface area contributed by atoms with Gasteiger partial charge in [-0.05, 0) is 5.41 Å². The van der Waals surface area contributed by atoms with E-state index in [1.54, 1.807) is 0 Å². The maximum Gasteiger partial charge on any atom is 2.00 e. The summed E-state index contributed by atoms with van der Waals surface area (Å²) in [5.41, 5.74) is 1.63. The van der Waals surface area contributed by atoms with Gasteiger partial charge in [0.15, 0.2) is 0 Å². The van der Waals surface area contributed by atoms with Crippen LogP contribution in [0.4, 0.5) is 0 Å². The minimum Gasteiger partial charge on any atom is -0.371 e. The average molecular weight is 375 g/mol. The van der Waals surface area contributed by atoms with Gasteiger partial charge in [-0.15, -0.1) is 6.07 Å². The summed E-state index contributed by atoms with van der Waals surface area (Å²) in [5.74, 6) is 0. The maximum absolute atomic E-state index is 5.83. The van der Waals surface area contributed by atoms with E-state index >= 15 is 0 Å². The van der Waals surface area contributed by atoms with Crippen LogP contribution >= 0.6 is 11.6 Å². The molecule has 0 N–H and O–H groups in total. The zero-order valence-corrected chi connectivity index (χ0v) is 12.5. The summed E-state index contributed by atoms with van der Waals surface area (Å²) in [6, 6.07) is 4.91. The van der Waals surface area contributed by atoms with Crippen molar-refractivity contribution in [2.24, 2.45) is 0 Å². The molecule has 0 aromatic carbocycles. The van der Waals surface area contributed by atoms with Crippen molar-refractivity contribution in [1.29, 1.82) is 0 Å². The monoisotopic (exact) mass is 374 g/mol. The predicted octanol–water partition coefficient (Wildman–Crippen LogP) is 3.28. The van der Waals surface area contributed by atoms with E-state index in [9.17, 15) is 0 Å². The molecule has 1 nitrogen and oxygen atoms in total. The molecule has 0 fully saturated rings. The van der Waals surface area contributed by atoms with Crippen LogP contribution in [-0.4, -0.2) is 4.98 Å². The molecule has 1 aromatic heterocycles. The molecule has 0 spiro atoms. The van der Waals surface area contributed by atoms with Crippen LogP contribution in [0, 0.1) is 12.6 Å². The van der Waals surface area contributed by atoms with E-state index in [0.29, 0.717) is 10.8 Å². The quantitative estimate of drug-likeness (QED) is 0.543. The Balaban J connectivity index is 0.00000169. The van der Waals surface area contributed by atoms with Gasteiger partial charge in [-0.3, -0.25) is 6.07 Å². The van der Waals surface area contributed by atoms with Gasteiger partial charge in [0, 0.05) is 0 Å². The summed E-state index contributed by atoms with van der Waals surface area (Å²) in [4.78, 5) is 4.00. The molecule has 0 saturated heterocycles. The zero-order chi connectivity index (χ0) is 10.1. The average Bonchev–Trinajstić information content (AvgIpc) is 2.01. The molecular weight excluding hydrogens is 363 g/mol. The number of nitrogens with zero attached hydrogens (tertiary/aromatic N) is 1. The van der Waals surface area contributed by atoms with Crippen molar-refractivity contribution in [2.45, 2.75) is 26.2 Å². The number of aromatic nitrogens is 1. The molecule has 0 aliphatic heterocycles. The molecule has 0 bridgehead atoms. The minimum absolute atomic E-state index is 0. The first-order valence-electron chi connectivity index (χ1n) is 4.09. The van der Waals surface area contributed by atoms with Crippen molar-refractivity contribution in [3.63, 3.8) is 0 Å². The van der Waals surface area contributed by atoms with E-state index in [1.165, 1.54) is 6.08 Å². The molecule has 0 aliphatic rings. The van der Waals surface area contributed by atoms with Crippen molar-refractivity contribution in [3.05, 3.63) is 35.1 Å². The van der Waals surface area contributed by atoms with E-state index in [-0.39, 0.29) is 27.8 Å². The molecule has 1 rings (SSSR count). The molecule has 0 unspecified atom stereocenters. The van der Waals surface area contributed by atoms with Gasteiger partial charge in [0.2, 0.25) is 0 Å². The van der Waals surface area contributed by atoms with E-state index in [1.807, 2.05) is 6.07 Å². The molecular formula is C11H12ClNTa. The van der Waals surface area contributed by atoms with Crippen LogP contribution in [0.5, 0.6) is 0 Å². The molecule has 0 aliphatic carbocycles. The molecule has 73 valence electrons. The Kier molecular flexibility index (Phi) is 5.10. The Morgan fingerprint density at radius 1 is 1.50 bits per heavy atom. The first kappa shape index (κ1) is 13.9. The van der Waals surface area contributed by atoms with Crippen LogP contribution in [0.3, 0.4) is 0 Å². The van der Waals surface area contributed by atoms with Crippen molar-refractivity contribution >= 4 is 17.7 Å². The van der Waals surface area contributed by atoms with E-state index in [4.69, 9.17) is 18.2 Å². The second-order valence-electron chi connectivity index (χ2n) is 3.92. The van der Waals surface area contributed by atoms with Crippen LogP contribution in [0.2, 0.25) is 5.15 Å². The third kappa shape index (κ3) is 3.58. The standard InChI is InChI=1S/C11H12ClN.Ta/c1-5-9-6-8(11(2,3)4)7-10(12)13-9;/h1,5,7H,2-4H3;/q-2;+2. The molecule has 0 atom stereocenters. The third-order valence-electron chi connectivity index (χ3n) is 1.72. The van der Waals surface area contributed by atoms with Gasteiger partial charge in [-0.25, -0.2) is 5.69 Å². The van der Waals surface area contributed by atoms with Gasteiger partial charge in [-0.1, -0.05) is 32.4 Å². The Hall–Kier alpha value is -0.0797. The minimum atomic E-state index is 0. The van der Waals surface area contributed by atoms with Crippen molar-refractivity contribution < 1.29 is 22.4 Å². The second-order valence-corrected chi connectivity index (χ2v) is 4.31.